The van der Waals surface area contributed by atoms with Crippen LogP contribution in [0.4, 0.5) is 0 Å². The highest BCUT2D eigenvalue weighted by atomic mass is 127. The van der Waals surface area contributed by atoms with Gasteiger partial charge in [0.25, 0.3) is 0 Å². The summed E-state index contributed by atoms with van der Waals surface area (Å²) in [5.74, 6) is 0. The zero-order valence-electron chi connectivity index (χ0n) is 14.7. The second kappa shape index (κ2) is 6.82. The Morgan fingerprint density at radius 2 is 1.22 bits per heavy atom. The molecule has 0 radical (unpaired) electrons. The van der Waals surface area contributed by atoms with Crippen molar-refractivity contribution in [2.75, 3.05) is 0 Å². The Hall–Kier alpha value is -2.65. The highest BCUT2D eigenvalue weighted by Gasteiger charge is 2.08. The number of halogens is 1. The summed E-state index contributed by atoms with van der Waals surface area (Å²) in [5.41, 5.74) is 5.09. The molecule has 0 unspecified atom stereocenters. The van der Waals surface area contributed by atoms with E-state index in [0.29, 0.717) is 0 Å². The Kier molecular flexibility index (Phi) is 4.17. The third-order valence-corrected chi connectivity index (χ3v) is 6.00. The first kappa shape index (κ1) is 16.5. The summed E-state index contributed by atoms with van der Waals surface area (Å²) < 4.78 is 1.28. The van der Waals surface area contributed by atoms with Gasteiger partial charge in [0, 0.05) is 3.57 Å². The number of hydrogen-bond donors (Lipinski definition) is 0. The minimum atomic E-state index is 1.26. The summed E-state index contributed by atoms with van der Waals surface area (Å²) in [6, 6.07) is 37.1. The fourth-order valence-corrected chi connectivity index (χ4v) is 4.56. The predicted octanol–water partition coefficient (Wildman–Crippen LogP) is 7.93. The molecule has 0 aliphatic rings. The molecule has 5 aromatic rings. The first-order valence-corrected chi connectivity index (χ1v) is 10.1. The lowest BCUT2D eigenvalue weighted by Gasteiger charge is -2.11. The van der Waals surface area contributed by atoms with E-state index >= 15 is 0 Å². The van der Waals surface area contributed by atoms with Gasteiger partial charge in [0.05, 0.1) is 0 Å². The van der Waals surface area contributed by atoms with E-state index in [1.54, 1.807) is 0 Å². The average Bonchev–Trinajstić information content (AvgIpc) is 2.74. The van der Waals surface area contributed by atoms with Gasteiger partial charge in [0.2, 0.25) is 0 Å². The van der Waals surface area contributed by atoms with Crippen molar-refractivity contribution in [2.45, 2.75) is 0 Å². The minimum Gasteiger partial charge on any atom is -0.0622 e. The van der Waals surface area contributed by atoms with Gasteiger partial charge in [-0.3, -0.25) is 0 Å². The highest BCUT2D eigenvalue weighted by molar-refractivity contribution is 14.1. The van der Waals surface area contributed by atoms with Crippen LogP contribution in [0.1, 0.15) is 0 Å². The molecule has 128 valence electrons. The summed E-state index contributed by atoms with van der Waals surface area (Å²) in [7, 11) is 0. The van der Waals surface area contributed by atoms with Crippen molar-refractivity contribution in [3.05, 3.63) is 107 Å². The number of benzene rings is 5. The van der Waals surface area contributed by atoms with Crippen LogP contribution in [-0.2, 0) is 0 Å². The number of rotatable bonds is 2. The molecule has 0 N–H and O–H groups in total. The van der Waals surface area contributed by atoms with E-state index in [0.717, 1.165) is 0 Å². The van der Waals surface area contributed by atoms with Crippen LogP contribution in [0.15, 0.2) is 103 Å². The van der Waals surface area contributed by atoms with Crippen LogP contribution in [0.3, 0.4) is 0 Å². The molecule has 1 heteroatoms. The van der Waals surface area contributed by atoms with Gasteiger partial charge >= 0.3 is 0 Å². The molecule has 0 amide bonds. The second-order valence-corrected chi connectivity index (χ2v) is 7.95. The molecule has 0 saturated carbocycles. The molecular weight excluding hydrogens is 439 g/mol. The van der Waals surface area contributed by atoms with Crippen molar-refractivity contribution in [3.8, 4) is 22.3 Å². The van der Waals surface area contributed by atoms with Crippen LogP contribution >= 0.6 is 22.6 Å². The van der Waals surface area contributed by atoms with Crippen LogP contribution < -0.4 is 0 Å². The molecule has 27 heavy (non-hydrogen) atoms. The Bertz CT molecular complexity index is 1260. The molecule has 0 aliphatic carbocycles. The van der Waals surface area contributed by atoms with Crippen LogP contribution in [-0.4, -0.2) is 0 Å². The SMILES string of the molecule is Ic1cc(-c2ccccc2)cc2ccc(-c3cccc4ccccc34)cc12. The Morgan fingerprint density at radius 3 is 2.11 bits per heavy atom. The lowest BCUT2D eigenvalue weighted by atomic mass is 9.95. The smallest absolute Gasteiger partial charge is 0.0215 e. The molecule has 0 saturated heterocycles. The highest BCUT2D eigenvalue weighted by Crippen LogP contribution is 2.34. The summed E-state index contributed by atoms with van der Waals surface area (Å²) in [5, 5.41) is 5.17. The topological polar surface area (TPSA) is 0 Å². The van der Waals surface area contributed by atoms with Gasteiger partial charge in [-0.25, -0.2) is 0 Å². The monoisotopic (exact) mass is 456 g/mol. The van der Waals surface area contributed by atoms with Gasteiger partial charge in [-0.1, -0.05) is 84.9 Å². The normalized spacial score (nSPS) is 11.1. The van der Waals surface area contributed by atoms with Crippen LogP contribution in [0.25, 0.3) is 43.8 Å². The zero-order chi connectivity index (χ0) is 18.2. The summed E-state index contributed by atoms with van der Waals surface area (Å²) in [6.45, 7) is 0. The first-order valence-electron chi connectivity index (χ1n) is 9.06. The molecule has 5 aromatic carbocycles. The summed E-state index contributed by atoms with van der Waals surface area (Å²) in [6.07, 6.45) is 0. The third-order valence-electron chi connectivity index (χ3n) is 5.11. The maximum absolute atomic E-state index is 2.46. The largest absolute Gasteiger partial charge is 0.0622 e. The standard InChI is InChI=1S/C26H17I/c27-26-17-22(18-7-2-1-3-8-18)15-20-13-14-21(16-25(20)26)24-12-6-10-19-9-4-5-11-23(19)24/h1-17H. The molecule has 0 spiro atoms. The molecule has 5 rings (SSSR count). The van der Waals surface area contributed by atoms with E-state index < -0.39 is 0 Å². The maximum Gasteiger partial charge on any atom is 0.0215 e. The van der Waals surface area contributed by atoms with E-state index in [1.165, 1.54) is 47.4 Å². The van der Waals surface area contributed by atoms with Gasteiger partial charge in [0.1, 0.15) is 0 Å². The fraction of sp³-hybridized carbons (Fsp3) is 0. The molecule has 0 heterocycles. The van der Waals surface area contributed by atoms with Crippen LogP contribution in [0, 0.1) is 3.57 Å². The van der Waals surface area contributed by atoms with E-state index in [1.807, 2.05) is 0 Å². The van der Waals surface area contributed by atoms with Gasteiger partial charge < -0.3 is 0 Å². The number of hydrogen-bond acceptors (Lipinski definition) is 0. The van der Waals surface area contributed by atoms with E-state index in [4.69, 9.17) is 0 Å². The van der Waals surface area contributed by atoms with Crippen molar-refractivity contribution >= 4 is 44.1 Å². The van der Waals surface area contributed by atoms with Crippen molar-refractivity contribution in [1.82, 2.24) is 0 Å². The third kappa shape index (κ3) is 3.02. The van der Waals surface area contributed by atoms with Gasteiger partial charge in [-0.15, -0.1) is 0 Å². The maximum atomic E-state index is 2.46. The Labute approximate surface area is 172 Å². The van der Waals surface area contributed by atoms with E-state index in [9.17, 15) is 0 Å². The summed E-state index contributed by atoms with van der Waals surface area (Å²) >= 11 is 2.46. The van der Waals surface area contributed by atoms with Gasteiger partial charge in [0.15, 0.2) is 0 Å². The quantitative estimate of drug-likeness (QED) is 0.237. The van der Waals surface area contributed by atoms with E-state index in [2.05, 4.69) is 126 Å². The Balaban J connectivity index is 1.69. The molecule has 0 nitrogen and oxygen atoms in total. The molecule has 0 fully saturated rings. The first-order chi connectivity index (χ1) is 13.3. The summed E-state index contributed by atoms with van der Waals surface area (Å²) in [4.78, 5) is 0. The van der Waals surface area contributed by atoms with E-state index in [-0.39, 0.29) is 0 Å². The van der Waals surface area contributed by atoms with Gasteiger partial charge in [-0.2, -0.15) is 0 Å². The van der Waals surface area contributed by atoms with Crippen molar-refractivity contribution in [3.63, 3.8) is 0 Å². The number of fused-ring (bicyclic) bond motifs is 2. The molecular formula is C26H17I. The molecule has 0 aliphatic heterocycles. The molecule has 0 bridgehead atoms. The van der Waals surface area contributed by atoms with Crippen LogP contribution in [0.5, 0.6) is 0 Å². The second-order valence-electron chi connectivity index (χ2n) is 6.79. The average molecular weight is 456 g/mol. The lowest BCUT2D eigenvalue weighted by Crippen LogP contribution is -1.86. The minimum absolute atomic E-state index is 1.26. The molecule has 0 aromatic heterocycles. The predicted molar refractivity (Wildman–Crippen MR) is 125 cm³/mol. The zero-order valence-corrected chi connectivity index (χ0v) is 16.9. The van der Waals surface area contributed by atoms with Crippen molar-refractivity contribution < 1.29 is 0 Å². The van der Waals surface area contributed by atoms with Crippen molar-refractivity contribution in [1.29, 1.82) is 0 Å². The van der Waals surface area contributed by atoms with Crippen LogP contribution in [0.2, 0.25) is 0 Å². The lowest BCUT2D eigenvalue weighted by molar-refractivity contribution is 1.62. The molecule has 0 atom stereocenters. The van der Waals surface area contributed by atoms with Crippen molar-refractivity contribution in [2.24, 2.45) is 0 Å². The fourth-order valence-electron chi connectivity index (χ4n) is 3.75. The van der Waals surface area contributed by atoms with Gasteiger partial charge in [-0.05, 0) is 84.6 Å². The Morgan fingerprint density at radius 1 is 0.444 bits per heavy atom.